The first kappa shape index (κ1) is 14.4. The van der Waals surface area contributed by atoms with Crippen molar-refractivity contribution in [3.63, 3.8) is 0 Å². The van der Waals surface area contributed by atoms with Gasteiger partial charge in [0.15, 0.2) is 0 Å². The predicted octanol–water partition coefficient (Wildman–Crippen LogP) is 4.34. The summed E-state index contributed by atoms with van der Waals surface area (Å²) in [4.78, 5) is 15.9. The molecule has 0 N–H and O–H groups in total. The molecule has 0 fully saturated rings. The van der Waals surface area contributed by atoms with E-state index < -0.39 is 0 Å². The van der Waals surface area contributed by atoms with Crippen molar-refractivity contribution in [1.29, 1.82) is 0 Å². The van der Waals surface area contributed by atoms with Crippen LogP contribution in [-0.4, -0.2) is 12.0 Å². The van der Waals surface area contributed by atoms with Crippen molar-refractivity contribution in [2.75, 3.05) is 0 Å². The summed E-state index contributed by atoms with van der Waals surface area (Å²) in [5.74, 6) is 0.204. The number of hydrogen-bond acceptors (Lipinski definition) is 2. The standard InChI is InChI=1S/C16H21NO/c1-5-14(11-16(3,4)13(2)18)12-17-15-9-7-6-8-10-15/h5-10,12H,11H2,1-4H3/b14-5+,17-12?. The number of para-hydroxylation sites is 1. The van der Waals surface area contributed by atoms with Gasteiger partial charge < -0.3 is 0 Å². The Morgan fingerprint density at radius 2 is 1.89 bits per heavy atom. The zero-order chi connectivity index (χ0) is 13.6. The van der Waals surface area contributed by atoms with Crippen LogP contribution in [-0.2, 0) is 4.79 Å². The molecule has 96 valence electrons. The number of nitrogens with zero attached hydrogens (tertiary/aromatic N) is 1. The zero-order valence-electron chi connectivity index (χ0n) is 11.6. The maximum atomic E-state index is 11.5. The van der Waals surface area contributed by atoms with Gasteiger partial charge in [0, 0.05) is 11.6 Å². The Labute approximate surface area is 109 Å². The molecule has 2 nitrogen and oxygen atoms in total. The summed E-state index contributed by atoms with van der Waals surface area (Å²) in [6.07, 6.45) is 4.58. The van der Waals surface area contributed by atoms with E-state index in [1.165, 1.54) is 0 Å². The van der Waals surface area contributed by atoms with Crippen molar-refractivity contribution in [3.05, 3.63) is 42.0 Å². The molecular weight excluding hydrogens is 222 g/mol. The number of rotatable bonds is 5. The van der Waals surface area contributed by atoms with E-state index in [-0.39, 0.29) is 11.2 Å². The number of hydrogen-bond donors (Lipinski definition) is 0. The molecule has 0 aromatic heterocycles. The minimum atomic E-state index is -0.329. The van der Waals surface area contributed by atoms with Gasteiger partial charge in [0.25, 0.3) is 0 Å². The third-order valence-corrected chi connectivity index (χ3v) is 3.11. The highest BCUT2D eigenvalue weighted by Crippen LogP contribution is 2.25. The molecule has 1 rings (SSSR count). The number of carbonyl (C=O) groups excluding carboxylic acids is 1. The average molecular weight is 243 g/mol. The summed E-state index contributed by atoms with van der Waals surface area (Å²) in [5, 5.41) is 0. The van der Waals surface area contributed by atoms with Crippen molar-refractivity contribution in [3.8, 4) is 0 Å². The normalized spacial score (nSPS) is 13.0. The second-order valence-corrected chi connectivity index (χ2v) is 5.07. The van der Waals surface area contributed by atoms with E-state index in [0.717, 1.165) is 17.7 Å². The van der Waals surface area contributed by atoms with Gasteiger partial charge >= 0.3 is 0 Å². The lowest BCUT2D eigenvalue weighted by molar-refractivity contribution is -0.124. The van der Waals surface area contributed by atoms with Crippen molar-refractivity contribution in [2.45, 2.75) is 34.1 Å². The number of carbonyl (C=O) groups is 1. The molecule has 2 heteroatoms. The second kappa shape index (κ2) is 6.29. The topological polar surface area (TPSA) is 29.4 Å². The Morgan fingerprint density at radius 1 is 1.28 bits per heavy atom. The van der Waals surface area contributed by atoms with Crippen molar-refractivity contribution < 1.29 is 4.79 Å². The number of Topliss-reactive ketones (excluding diaryl/α,β-unsaturated/α-hetero) is 1. The molecule has 0 amide bonds. The lowest BCUT2D eigenvalue weighted by atomic mass is 9.82. The monoisotopic (exact) mass is 243 g/mol. The van der Waals surface area contributed by atoms with E-state index >= 15 is 0 Å². The van der Waals surface area contributed by atoms with Crippen LogP contribution >= 0.6 is 0 Å². The Kier molecular flexibility index (Phi) is 5.02. The Bertz CT molecular complexity index is 455. The number of aliphatic imine (C=N–C) groups is 1. The fourth-order valence-corrected chi connectivity index (χ4v) is 1.53. The lowest BCUT2D eigenvalue weighted by Gasteiger charge is -2.21. The van der Waals surface area contributed by atoms with E-state index in [2.05, 4.69) is 4.99 Å². The van der Waals surface area contributed by atoms with Crippen LogP contribution in [0.5, 0.6) is 0 Å². The predicted molar refractivity (Wildman–Crippen MR) is 77.4 cm³/mol. The minimum Gasteiger partial charge on any atom is -0.299 e. The van der Waals surface area contributed by atoms with Gasteiger partial charge in [-0.2, -0.15) is 0 Å². The Morgan fingerprint density at radius 3 is 2.39 bits per heavy atom. The van der Waals surface area contributed by atoms with E-state index in [1.807, 2.05) is 63.4 Å². The van der Waals surface area contributed by atoms with Crippen LogP contribution in [0.4, 0.5) is 5.69 Å². The van der Waals surface area contributed by atoms with Gasteiger partial charge in [-0.15, -0.1) is 0 Å². The van der Waals surface area contributed by atoms with Crippen LogP contribution < -0.4 is 0 Å². The van der Waals surface area contributed by atoms with E-state index in [1.54, 1.807) is 6.92 Å². The largest absolute Gasteiger partial charge is 0.299 e. The van der Waals surface area contributed by atoms with Gasteiger partial charge in [-0.1, -0.05) is 38.1 Å². The lowest BCUT2D eigenvalue weighted by Crippen LogP contribution is -2.22. The van der Waals surface area contributed by atoms with Gasteiger partial charge in [0.2, 0.25) is 0 Å². The van der Waals surface area contributed by atoms with Gasteiger partial charge in [0.1, 0.15) is 5.78 Å². The number of benzene rings is 1. The van der Waals surface area contributed by atoms with Crippen LogP contribution in [0, 0.1) is 5.41 Å². The molecule has 18 heavy (non-hydrogen) atoms. The first-order chi connectivity index (χ1) is 8.45. The highest BCUT2D eigenvalue weighted by atomic mass is 16.1. The first-order valence-corrected chi connectivity index (χ1v) is 6.21. The summed E-state index contributed by atoms with van der Waals surface area (Å²) < 4.78 is 0. The van der Waals surface area contributed by atoms with E-state index in [9.17, 15) is 4.79 Å². The number of ketones is 1. The molecule has 0 radical (unpaired) electrons. The quantitative estimate of drug-likeness (QED) is 0.707. The fourth-order valence-electron chi connectivity index (χ4n) is 1.53. The van der Waals surface area contributed by atoms with Gasteiger partial charge in [-0.05, 0) is 38.0 Å². The molecule has 0 spiro atoms. The van der Waals surface area contributed by atoms with Crippen LogP contribution in [0.1, 0.15) is 34.1 Å². The smallest absolute Gasteiger partial charge is 0.135 e. The van der Waals surface area contributed by atoms with Gasteiger partial charge in [-0.25, -0.2) is 0 Å². The molecule has 0 saturated carbocycles. The maximum Gasteiger partial charge on any atom is 0.135 e. The Balaban J connectivity index is 2.76. The molecule has 0 heterocycles. The summed E-state index contributed by atoms with van der Waals surface area (Å²) in [6, 6.07) is 9.80. The van der Waals surface area contributed by atoms with Crippen molar-refractivity contribution >= 4 is 17.7 Å². The van der Waals surface area contributed by atoms with Crippen LogP contribution in [0.25, 0.3) is 0 Å². The highest BCUT2D eigenvalue weighted by Gasteiger charge is 2.24. The summed E-state index contributed by atoms with van der Waals surface area (Å²) in [7, 11) is 0. The molecule has 0 saturated heterocycles. The molecule has 0 bridgehead atoms. The first-order valence-electron chi connectivity index (χ1n) is 6.21. The third kappa shape index (κ3) is 4.28. The summed E-state index contributed by atoms with van der Waals surface area (Å²) in [5.41, 5.74) is 1.68. The van der Waals surface area contributed by atoms with Crippen molar-refractivity contribution in [1.82, 2.24) is 0 Å². The van der Waals surface area contributed by atoms with Gasteiger partial charge in [0.05, 0.1) is 5.69 Å². The third-order valence-electron chi connectivity index (χ3n) is 3.11. The van der Waals surface area contributed by atoms with Crippen LogP contribution in [0.15, 0.2) is 47.0 Å². The van der Waals surface area contributed by atoms with Crippen LogP contribution in [0.2, 0.25) is 0 Å². The zero-order valence-corrected chi connectivity index (χ0v) is 11.6. The van der Waals surface area contributed by atoms with Crippen LogP contribution in [0.3, 0.4) is 0 Å². The second-order valence-electron chi connectivity index (χ2n) is 5.07. The molecule has 0 aliphatic heterocycles. The molecular formula is C16H21NO. The van der Waals surface area contributed by atoms with E-state index in [0.29, 0.717) is 0 Å². The molecule has 1 aromatic carbocycles. The Hall–Kier alpha value is -1.70. The fraction of sp³-hybridized carbons (Fsp3) is 0.375. The summed E-state index contributed by atoms with van der Waals surface area (Å²) >= 11 is 0. The SMILES string of the molecule is C/C=C(/C=Nc1ccccc1)CC(C)(C)C(C)=O. The molecule has 0 aliphatic carbocycles. The molecule has 1 aromatic rings. The summed E-state index contributed by atoms with van der Waals surface area (Å²) in [6.45, 7) is 7.55. The molecule has 0 unspecified atom stereocenters. The maximum absolute atomic E-state index is 11.5. The minimum absolute atomic E-state index is 0.204. The average Bonchev–Trinajstić information content (AvgIpc) is 2.35. The molecule has 0 aliphatic rings. The van der Waals surface area contributed by atoms with E-state index in [4.69, 9.17) is 0 Å². The van der Waals surface area contributed by atoms with Gasteiger partial charge in [-0.3, -0.25) is 9.79 Å². The molecule has 0 atom stereocenters. The number of allylic oxidation sites excluding steroid dienone is 2. The van der Waals surface area contributed by atoms with Crippen molar-refractivity contribution in [2.24, 2.45) is 10.4 Å². The highest BCUT2D eigenvalue weighted by molar-refractivity contribution is 5.86.